The number of nitrogens with zero attached hydrogens (tertiary/aromatic N) is 2. The summed E-state index contributed by atoms with van der Waals surface area (Å²) in [6, 6.07) is 9.91. The van der Waals surface area contributed by atoms with E-state index in [1.807, 2.05) is 56.0 Å². The normalized spacial score (nSPS) is 11.7. The fourth-order valence-corrected chi connectivity index (χ4v) is 1.43. The van der Waals surface area contributed by atoms with Gasteiger partial charge >= 0.3 is 0 Å². The Kier molecular flexibility index (Phi) is 4.26. The third kappa shape index (κ3) is 4.68. The van der Waals surface area contributed by atoms with Crippen molar-refractivity contribution in [3.05, 3.63) is 58.4 Å². The van der Waals surface area contributed by atoms with Gasteiger partial charge in [0.25, 0.3) is 0 Å². The zero-order valence-electron chi connectivity index (χ0n) is 10.5. The predicted octanol–water partition coefficient (Wildman–Crippen LogP) is 3.04. The highest BCUT2D eigenvalue weighted by Gasteiger charge is 2.18. The minimum absolute atomic E-state index is 0.150. The summed E-state index contributed by atoms with van der Waals surface area (Å²) in [7, 11) is 0. The molecule has 0 radical (unpaired) electrons. The van der Waals surface area contributed by atoms with Gasteiger partial charge in [0.15, 0.2) is 0 Å². The lowest BCUT2D eigenvalue weighted by Crippen LogP contribution is -2.36. The molecule has 0 N–H and O–H groups in total. The number of rotatable bonds is 4. The molecule has 1 aromatic rings. The Balaban J connectivity index is 2.82. The Morgan fingerprint density at radius 3 is 2.35 bits per heavy atom. The molecular weight excluding hydrogens is 216 g/mol. The van der Waals surface area contributed by atoms with E-state index in [4.69, 9.17) is 0 Å². The van der Waals surface area contributed by atoms with Gasteiger partial charge in [-0.3, -0.25) is 10.1 Å². The van der Waals surface area contributed by atoms with Crippen LogP contribution in [0.5, 0.6) is 0 Å². The van der Waals surface area contributed by atoms with Gasteiger partial charge in [-0.25, -0.2) is 0 Å². The first-order valence-corrected chi connectivity index (χ1v) is 5.52. The van der Waals surface area contributed by atoms with E-state index in [-0.39, 0.29) is 5.54 Å². The molecule has 0 unspecified atom stereocenters. The van der Waals surface area contributed by atoms with E-state index < -0.39 is 4.92 Å². The van der Waals surface area contributed by atoms with Gasteiger partial charge < -0.3 is 4.90 Å². The highest BCUT2D eigenvalue weighted by Crippen LogP contribution is 2.17. The Bertz CT molecular complexity index is 394. The predicted molar refractivity (Wildman–Crippen MR) is 67.9 cm³/mol. The van der Waals surface area contributed by atoms with Gasteiger partial charge in [-0.2, -0.15) is 0 Å². The van der Waals surface area contributed by atoms with E-state index in [0.29, 0.717) is 6.54 Å². The Morgan fingerprint density at radius 2 is 1.88 bits per heavy atom. The average molecular weight is 234 g/mol. The number of hydrogen-bond donors (Lipinski definition) is 0. The highest BCUT2D eigenvalue weighted by molar-refractivity contribution is 5.15. The van der Waals surface area contributed by atoms with Crippen LogP contribution in [-0.4, -0.2) is 15.4 Å². The zero-order valence-corrected chi connectivity index (χ0v) is 10.5. The lowest BCUT2D eigenvalue weighted by atomic mass is 10.1. The van der Waals surface area contributed by atoms with Gasteiger partial charge in [0.2, 0.25) is 6.20 Å². The van der Waals surface area contributed by atoms with Gasteiger partial charge in [-0.1, -0.05) is 30.3 Å². The molecule has 0 aliphatic rings. The van der Waals surface area contributed by atoms with Crippen LogP contribution in [0.3, 0.4) is 0 Å². The minimum atomic E-state index is -0.441. The number of hydrogen-bond acceptors (Lipinski definition) is 3. The summed E-state index contributed by atoms with van der Waals surface area (Å²) in [5.41, 5.74) is 0.984. The second-order valence-electron chi connectivity index (χ2n) is 4.87. The summed E-state index contributed by atoms with van der Waals surface area (Å²) in [5.74, 6) is 0. The molecule has 1 aromatic carbocycles. The van der Waals surface area contributed by atoms with Crippen molar-refractivity contribution >= 4 is 0 Å². The van der Waals surface area contributed by atoms with E-state index in [1.165, 1.54) is 6.20 Å². The lowest BCUT2D eigenvalue weighted by molar-refractivity contribution is -0.403. The molecule has 0 amide bonds. The standard InChI is InChI=1S/C13H18N2O2/c1-13(2,3)14(9-10-15(16)17)11-12-7-5-4-6-8-12/h4-10H,11H2,1-3H3. The van der Waals surface area contributed by atoms with Crippen molar-refractivity contribution in [3.63, 3.8) is 0 Å². The third-order valence-electron chi connectivity index (χ3n) is 2.43. The van der Waals surface area contributed by atoms with Gasteiger partial charge in [-0.05, 0) is 26.3 Å². The Labute approximate surface area is 102 Å². The highest BCUT2D eigenvalue weighted by atomic mass is 16.6. The Hall–Kier alpha value is -1.84. The summed E-state index contributed by atoms with van der Waals surface area (Å²) in [6.45, 7) is 6.75. The van der Waals surface area contributed by atoms with Crippen LogP contribution in [0.2, 0.25) is 0 Å². The fraction of sp³-hybridized carbons (Fsp3) is 0.385. The van der Waals surface area contributed by atoms with Gasteiger partial charge in [0.1, 0.15) is 0 Å². The molecule has 0 fully saturated rings. The van der Waals surface area contributed by atoms with Crippen molar-refractivity contribution in [2.45, 2.75) is 32.9 Å². The van der Waals surface area contributed by atoms with Gasteiger partial charge in [0.05, 0.1) is 11.1 Å². The average Bonchev–Trinajstić information content (AvgIpc) is 2.23. The molecule has 4 heteroatoms. The largest absolute Gasteiger partial charge is 0.363 e. The first-order valence-electron chi connectivity index (χ1n) is 5.52. The molecule has 0 aliphatic heterocycles. The van der Waals surface area contributed by atoms with Gasteiger partial charge in [-0.15, -0.1) is 0 Å². The molecule has 92 valence electrons. The van der Waals surface area contributed by atoms with Crippen LogP contribution >= 0.6 is 0 Å². The molecule has 0 aromatic heterocycles. The first-order chi connectivity index (χ1) is 7.89. The maximum absolute atomic E-state index is 10.4. The van der Waals surface area contributed by atoms with Crippen LogP contribution in [0.15, 0.2) is 42.7 Å². The maximum atomic E-state index is 10.4. The molecule has 0 atom stereocenters. The first kappa shape index (κ1) is 13.2. The summed E-state index contributed by atoms with van der Waals surface area (Å²) < 4.78 is 0. The van der Waals surface area contributed by atoms with Crippen molar-refractivity contribution < 1.29 is 4.92 Å². The molecule has 0 spiro atoms. The third-order valence-corrected chi connectivity index (χ3v) is 2.43. The molecule has 0 heterocycles. The quantitative estimate of drug-likeness (QED) is 0.594. The molecule has 0 saturated heterocycles. The second-order valence-corrected chi connectivity index (χ2v) is 4.87. The summed E-state index contributed by atoms with van der Waals surface area (Å²) >= 11 is 0. The summed E-state index contributed by atoms with van der Waals surface area (Å²) in [5, 5.41) is 10.4. The van der Waals surface area contributed by atoms with Crippen LogP contribution in [0, 0.1) is 10.1 Å². The van der Waals surface area contributed by atoms with Crippen molar-refractivity contribution in [2.24, 2.45) is 0 Å². The fourth-order valence-electron chi connectivity index (χ4n) is 1.43. The lowest BCUT2D eigenvalue weighted by Gasteiger charge is -2.34. The molecular formula is C13H18N2O2. The molecule has 4 nitrogen and oxygen atoms in total. The van der Waals surface area contributed by atoms with E-state index >= 15 is 0 Å². The molecule has 0 aliphatic carbocycles. The number of benzene rings is 1. The van der Waals surface area contributed by atoms with Crippen molar-refractivity contribution in [3.8, 4) is 0 Å². The molecule has 0 saturated carbocycles. The van der Waals surface area contributed by atoms with Gasteiger partial charge in [0, 0.05) is 12.1 Å². The van der Waals surface area contributed by atoms with E-state index in [0.717, 1.165) is 11.8 Å². The topological polar surface area (TPSA) is 46.4 Å². The summed E-state index contributed by atoms with van der Waals surface area (Å²) in [6.07, 6.45) is 2.52. The SMILES string of the molecule is CC(C)(C)N(C=C[N+](=O)[O-])Cc1ccccc1. The van der Waals surface area contributed by atoms with E-state index in [9.17, 15) is 10.1 Å². The molecule has 17 heavy (non-hydrogen) atoms. The summed E-state index contributed by atoms with van der Waals surface area (Å²) in [4.78, 5) is 11.9. The smallest absolute Gasteiger partial charge is 0.250 e. The van der Waals surface area contributed by atoms with Crippen LogP contribution in [0.1, 0.15) is 26.3 Å². The van der Waals surface area contributed by atoms with Crippen molar-refractivity contribution in [1.82, 2.24) is 4.90 Å². The monoisotopic (exact) mass is 234 g/mol. The minimum Gasteiger partial charge on any atom is -0.363 e. The van der Waals surface area contributed by atoms with E-state index in [1.54, 1.807) is 0 Å². The molecule has 0 bridgehead atoms. The van der Waals surface area contributed by atoms with Crippen molar-refractivity contribution in [1.29, 1.82) is 0 Å². The van der Waals surface area contributed by atoms with Crippen LogP contribution in [-0.2, 0) is 6.54 Å². The Morgan fingerprint density at radius 1 is 1.29 bits per heavy atom. The van der Waals surface area contributed by atoms with Crippen LogP contribution < -0.4 is 0 Å². The van der Waals surface area contributed by atoms with Crippen LogP contribution in [0.4, 0.5) is 0 Å². The number of nitro groups is 1. The van der Waals surface area contributed by atoms with E-state index in [2.05, 4.69) is 0 Å². The molecule has 1 rings (SSSR count). The zero-order chi connectivity index (χ0) is 12.9. The maximum Gasteiger partial charge on any atom is 0.250 e. The van der Waals surface area contributed by atoms with Crippen molar-refractivity contribution in [2.75, 3.05) is 0 Å². The second kappa shape index (κ2) is 5.48. The van der Waals surface area contributed by atoms with Crippen LogP contribution in [0.25, 0.3) is 0 Å².